The molecule has 0 fully saturated rings. The van der Waals surface area contributed by atoms with Crippen molar-refractivity contribution in [2.45, 2.75) is 0 Å². The van der Waals surface area contributed by atoms with E-state index >= 15 is 0 Å². The van der Waals surface area contributed by atoms with Crippen LogP contribution in [0.15, 0.2) is 0 Å². The number of hydrogen-bond donors (Lipinski definition) is 2. The van der Waals surface area contributed by atoms with Crippen LogP contribution >= 0.6 is 9.90 Å². The van der Waals surface area contributed by atoms with Crippen molar-refractivity contribution < 1.29 is 29.5 Å². The first-order chi connectivity index (χ1) is 2.00. The van der Waals surface area contributed by atoms with E-state index in [1.165, 1.54) is 0 Å². The molecule has 0 aromatic rings. The second-order valence-corrected chi connectivity index (χ2v) is 1.85. The van der Waals surface area contributed by atoms with Crippen molar-refractivity contribution in [2.24, 2.45) is 0 Å². The molecule has 0 aliphatic heterocycles. The van der Waals surface area contributed by atoms with Crippen molar-refractivity contribution in [1.82, 2.24) is 0 Å². The van der Waals surface area contributed by atoms with Crippen LogP contribution in [-0.4, -0.2) is 8.32 Å². The molecule has 0 rings (SSSR count). The van der Waals surface area contributed by atoms with Crippen LogP contribution < -0.4 is 0 Å². The van der Waals surface area contributed by atoms with Crippen molar-refractivity contribution in [3.8, 4) is 0 Å². The number of rotatable bonds is 0. The maximum atomic E-state index is 8.82. The first-order valence-electron chi connectivity index (χ1n) is 0.698. The van der Waals surface area contributed by atoms with Gasteiger partial charge in [0.25, 0.3) is 0 Å². The molecule has 40 valence electrons. The zero-order valence-corrected chi connectivity index (χ0v) is 5.52. The summed E-state index contributed by atoms with van der Waals surface area (Å²) in [7, 11) is 0. The molecule has 4 nitrogen and oxygen atoms in total. The molecule has 0 amide bonds. The Kier molecular flexibility index (Phi) is 4.24. The van der Waals surface area contributed by atoms with Crippen molar-refractivity contribution in [2.75, 3.05) is 0 Å². The predicted molar refractivity (Wildman–Crippen MR) is 16.9 cm³/mol. The fraction of sp³-hybridized carbons (Fsp3) is 0. The van der Waals surface area contributed by atoms with Crippen LogP contribution in [0.2, 0.25) is 0 Å². The molecule has 0 aromatic heterocycles. The van der Waals surface area contributed by atoms with Crippen LogP contribution in [-0.2, 0) is 21.2 Å². The molecule has 0 bridgehead atoms. The molecule has 1 unspecified atom stereocenters. The van der Waals surface area contributed by atoms with Gasteiger partial charge in [0.1, 0.15) is 0 Å². The second-order valence-electron chi connectivity index (χ2n) is 0.448. The molecular formula is H5CrO4P. The van der Waals surface area contributed by atoms with E-state index in [1.807, 2.05) is 0 Å². The van der Waals surface area contributed by atoms with Gasteiger partial charge < -0.3 is 0 Å². The van der Waals surface area contributed by atoms with Gasteiger partial charge in [-0.05, 0) is 0 Å². The molecule has 6 heteroatoms. The van der Waals surface area contributed by atoms with Crippen molar-refractivity contribution in [3.63, 3.8) is 0 Å². The Morgan fingerprint density at radius 1 is 1.17 bits per heavy atom. The van der Waals surface area contributed by atoms with Gasteiger partial charge in [-0.25, -0.2) is 0 Å². The maximum absolute atomic E-state index is 8.82. The van der Waals surface area contributed by atoms with Crippen molar-refractivity contribution in [1.29, 1.82) is 0 Å². The molecule has 1 atom stereocenters. The quantitative estimate of drug-likeness (QED) is 0.423. The third kappa shape index (κ3) is 234. The van der Waals surface area contributed by atoms with Crippen LogP contribution in [0.5, 0.6) is 0 Å². The molecule has 6 heavy (non-hydrogen) atoms. The van der Waals surface area contributed by atoms with E-state index in [9.17, 15) is 0 Å². The molecule has 0 aliphatic rings. The first kappa shape index (κ1) is 9.70. The summed E-state index contributed by atoms with van der Waals surface area (Å²) in [5.74, 6) is 0. The van der Waals surface area contributed by atoms with Gasteiger partial charge in [0.15, 0.2) is 0 Å². The summed E-state index contributed by atoms with van der Waals surface area (Å²) < 4.78 is 31.9. The average molecular weight is 152 g/mol. The summed E-state index contributed by atoms with van der Waals surface area (Å²) in [5, 5.41) is 0. The van der Waals surface area contributed by atoms with E-state index in [0.29, 0.717) is 0 Å². The first-order valence-corrected chi connectivity index (χ1v) is 2.88. The minimum absolute atomic E-state index is 0. The summed E-state index contributed by atoms with van der Waals surface area (Å²) in [6.07, 6.45) is 0. The molecule has 0 spiro atoms. The van der Waals surface area contributed by atoms with Gasteiger partial charge in [-0.1, -0.05) is 0 Å². The Hall–Kier alpha value is 0.482. The molecule has 2 N–H and O–H groups in total. The Balaban J connectivity index is 0. The monoisotopic (exact) mass is 152 g/mol. The van der Waals surface area contributed by atoms with E-state index in [0.717, 1.165) is 0 Å². The fourth-order valence-electron chi connectivity index (χ4n) is 0. The van der Waals surface area contributed by atoms with Gasteiger partial charge in [-0.3, -0.25) is 0 Å². The van der Waals surface area contributed by atoms with Gasteiger partial charge in [-0.15, -0.1) is 0 Å². The summed E-state index contributed by atoms with van der Waals surface area (Å²) in [5.41, 5.74) is 0. The third-order valence-corrected chi connectivity index (χ3v) is 0. The SMILES string of the molecule is P.[O]=[Cr](=[O])([OH])[OH]. The molecule has 0 aliphatic carbocycles. The number of hydrogen-bond acceptors (Lipinski definition) is 2. The van der Waals surface area contributed by atoms with Gasteiger partial charge in [0.2, 0.25) is 0 Å². The van der Waals surface area contributed by atoms with E-state index < -0.39 is 13.6 Å². The van der Waals surface area contributed by atoms with Gasteiger partial charge in [0.05, 0.1) is 0 Å². The van der Waals surface area contributed by atoms with E-state index in [1.54, 1.807) is 0 Å². The molecule has 0 radical (unpaired) electrons. The Morgan fingerprint density at radius 2 is 1.17 bits per heavy atom. The summed E-state index contributed by atoms with van der Waals surface area (Å²) >= 11 is -5.25. The molecule has 0 aromatic carbocycles. The van der Waals surface area contributed by atoms with E-state index in [4.69, 9.17) is 15.9 Å². The van der Waals surface area contributed by atoms with Crippen LogP contribution in [0.25, 0.3) is 0 Å². The van der Waals surface area contributed by atoms with Gasteiger partial charge >= 0.3 is 29.5 Å². The fourth-order valence-corrected chi connectivity index (χ4v) is 0. The third-order valence-electron chi connectivity index (χ3n) is 0. The summed E-state index contributed by atoms with van der Waals surface area (Å²) in [4.78, 5) is 0. The van der Waals surface area contributed by atoms with Crippen LogP contribution in [0.4, 0.5) is 0 Å². The minimum atomic E-state index is -5.25. The topological polar surface area (TPSA) is 74.6 Å². The summed E-state index contributed by atoms with van der Waals surface area (Å²) in [6, 6.07) is 0. The molecule has 0 saturated heterocycles. The van der Waals surface area contributed by atoms with E-state index in [-0.39, 0.29) is 9.90 Å². The van der Waals surface area contributed by atoms with Crippen LogP contribution in [0, 0.1) is 0 Å². The average Bonchev–Trinajstić information content (AvgIpc) is 0.722. The Bertz CT molecular complexity index is 90.7. The Labute approximate surface area is 40.2 Å². The zero-order valence-electron chi connectivity index (χ0n) is 2.83. The van der Waals surface area contributed by atoms with Gasteiger partial charge in [0, 0.05) is 0 Å². The normalized spacial score (nSPS) is 9.67. The van der Waals surface area contributed by atoms with Crippen LogP contribution in [0.1, 0.15) is 0 Å². The standard InChI is InChI=1S/Cr.2H2O.2O.H3P/h;2*1H2;;;1H3/q+2;;;;;/p-2. The van der Waals surface area contributed by atoms with Crippen molar-refractivity contribution in [3.05, 3.63) is 0 Å². The zero-order chi connectivity index (χ0) is 4.50. The predicted octanol–water partition coefficient (Wildman–Crippen LogP) is -1.30. The molecule has 0 saturated carbocycles. The van der Waals surface area contributed by atoms with Gasteiger partial charge in [-0.2, -0.15) is 9.90 Å². The molecule has 0 heterocycles. The van der Waals surface area contributed by atoms with E-state index in [2.05, 4.69) is 0 Å². The van der Waals surface area contributed by atoms with Crippen molar-refractivity contribution >= 4 is 9.90 Å². The Morgan fingerprint density at radius 3 is 1.17 bits per heavy atom. The molecular weight excluding hydrogens is 147 g/mol. The second kappa shape index (κ2) is 2.62. The summed E-state index contributed by atoms with van der Waals surface area (Å²) in [6.45, 7) is 0. The van der Waals surface area contributed by atoms with Crippen LogP contribution in [0.3, 0.4) is 0 Å².